The van der Waals surface area contributed by atoms with Gasteiger partial charge in [0.05, 0.1) is 31.7 Å². The van der Waals surface area contributed by atoms with Crippen LogP contribution >= 0.6 is 27.7 Å². The van der Waals surface area contributed by atoms with Crippen molar-refractivity contribution in [3.63, 3.8) is 0 Å². The van der Waals surface area contributed by atoms with Crippen molar-refractivity contribution in [1.82, 2.24) is 16.0 Å². The van der Waals surface area contributed by atoms with Gasteiger partial charge in [-0.25, -0.2) is 4.79 Å². The van der Waals surface area contributed by atoms with Crippen LogP contribution in [0.25, 0.3) is 0 Å². The Morgan fingerprint density at radius 1 is 1.34 bits per heavy atom. The third-order valence-electron chi connectivity index (χ3n) is 5.27. The van der Waals surface area contributed by atoms with Crippen LogP contribution in [0.4, 0.5) is 4.79 Å². The van der Waals surface area contributed by atoms with Crippen molar-refractivity contribution in [2.24, 2.45) is 0 Å². The Balaban J connectivity index is 1.45. The first-order valence-electron chi connectivity index (χ1n) is 9.76. The van der Waals surface area contributed by atoms with Gasteiger partial charge >= 0.3 is 12.0 Å². The number of unbranched alkanes of at least 4 members (excludes halogenated alkanes) is 1. The number of hydrogen-bond acceptors (Lipinski definition) is 5. The second-order valence-electron chi connectivity index (χ2n) is 7.32. The third-order valence-corrected chi connectivity index (χ3v) is 7.27. The van der Waals surface area contributed by atoms with Crippen LogP contribution in [0.5, 0.6) is 0 Å². The average molecular weight is 484 g/mol. The Bertz CT molecular complexity index is 763. The maximum Gasteiger partial charge on any atom is 0.315 e. The van der Waals surface area contributed by atoms with Gasteiger partial charge in [-0.1, -0.05) is 34.5 Å². The van der Waals surface area contributed by atoms with Crippen LogP contribution in [0.1, 0.15) is 43.7 Å². The zero-order valence-electron chi connectivity index (χ0n) is 16.3. The molecule has 4 atom stereocenters. The molecule has 0 unspecified atom stereocenters. The number of rotatable bonds is 9. The number of ether oxygens (including phenoxy) is 1. The molecule has 0 saturated carbocycles. The van der Waals surface area contributed by atoms with Gasteiger partial charge in [0.25, 0.3) is 0 Å². The van der Waals surface area contributed by atoms with Crippen LogP contribution in [0, 0.1) is 0 Å². The minimum Gasteiger partial charge on any atom is -0.469 e. The zero-order valence-corrected chi connectivity index (χ0v) is 18.7. The van der Waals surface area contributed by atoms with E-state index in [1.54, 1.807) is 0 Å². The predicted octanol–water partition coefficient (Wildman–Crippen LogP) is 2.90. The number of halogens is 1. The Labute approximate surface area is 183 Å². The van der Waals surface area contributed by atoms with Gasteiger partial charge in [0.15, 0.2) is 0 Å². The number of urea groups is 1. The summed E-state index contributed by atoms with van der Waals surface area (Å²) in [4.78, 5) is 35.7. The molecule has 2 aliphatic rings. The standard InChI is InChI=1S/C20H26BrN3O4S/c1-28-18(26)10-14(12-5-4-6-13(21)9-12)22-17(25)8-3-2-7-16-19-15(11-29-16)23-20(27)24-19/h4-6,9,14-16,19H,2-3,7-8,10-11H2,1H3,(H,22,25)(H2,23,24,27)/t14-,15+,16+,19+/m1/s1. The second kappa shape index (κ2) is 10.3. The van der Waals surface area contributed by atoms with E-state index in [4.69, 9.17) is 4.74 Å². The molecule has 9 heteroatoms. The molecule has 3 rings (SSSR count). The van der Waals surface area contributed by atoms with Gasteiger partial charge in [-0.3, -0.25) is 9.59 Å². The molecule has 0 spiro atoms. The van der Waals surface area contributed by atoms with E-state index in [9.17, 15) is 14.4 Å². The van der Waals surface area contributed by atoms with Gasteiger partial charge < -0.3 is 20.7 Å². The van der Waals surface area contributed by atoms with Gasteiger partial charge in [0.2, 0.25) is 5.91 Å². The van der Waals surface area contributed by atoms with Crippen LogP contribution in [0.2, 0.25) is 0 Å². The van der Waals surface area contributed by atoms with E-state index in [1.807, 2.05) is 36.0 Å². The van der Waals surface area contributed by atoms with Crippen LogP contribution in [0.3, 0.4) is 0 Å². The topological polar surface area (TPSA) is 96.5 Å². The van der Waals surface area contributed by atoms with Crippen LogP contribution < -0.4 is 16.0 Å². The summed E-state index contributed by atoms with van der Waals surface area (Å²) in [6.07, 6.45) is 3.15. The smallest absolute Gasteiger partial charge is 0.315 e. The Morgan fingerprint density at radius 3 is 2.93 bits per heavy atom. The quantitative estimate of drug-likeness (QED) is 0.285. The van der Waals surface area contributed by atoms with Crippen molar-refractivity contribution < 1.29 is 19.1 Å². The lowest BCUT2D eigenvalue weighted by Crippen LogP contribution is -2.36. The van der Waals surface area contributed by atoms with E-state index in [-0.39, 0.29) is 36.4 Å². The molecule has 29 heavy (non-hydrogen) atoms. The first kappa shape index (κ1) is 22.0. The highest BCUT2D eigenvalue weighted by molar-refractivity contribution is 9.10. The third kappa shape index (κ3) is 6.12. The molecule has 3 amide bonds. The minimum atomic E-state index is -0.418. The fraction of sp³-hybridized carbons (Fsp3) is 0.550. The first-order valence-corrected chi connectivity index (χ1v) is 11.6. The van der Waals surface area contributed by atoms with Crippen molar-refractivity contribution in [3.05, 3.63) is 34.3 Å². The van der Waals surface area contributed by atoms with Gasteiger partial charge in [-0.05, 0) is 30.5 Å². The number of carbonyl (C=O) groups is 3. The van der Waals surface area contributed by atoms with E-state index in [2.05, 4.69) is 31.9 Å². The van der Waals surface area contributed by atoms with Crippen molar-refractivity contribution >= 4 is 45.6 Å². The lowest BCUT2D eigenvalue weighted by atomic mass is 10.0. The van der Waals surface area contributed by atoms with Crippen molar-refractivity contribution in [2.75, 3.05) is 12.9 Å². The SMILES string of the molecule is COC(=O)C[C@@H](NC(=O)CCCC[C@@H]1SC[C@@H]2NC(=O)N[C@@H]21)c1cccc(Br)c1. The van der Waals surface area contributed by atoms with E-state index in [1.165, 1.54) is 7.11 Å². The molecular formula is C20H26BrN3O4S. The highest BCUT2D eigenvalue weighted by atomic mass is 79.9. The molecule has 7 nitrogen and oxygen atoms in total. The number of methoxy groups -OCH3 is 1. The summed E-state index contributed by atoms with van der Waals surface area (Å²) in [6, 6.07) is 7.48. The molecule has 0 aliphatic carbocycles. The molecule has 0 radical (unpaired) electrons. The summed E-state index contributed by atoms with van der Waals surface area (Å²) in [6.45, 7) is 0. The number of hydrogen-bond donors (Lipinski definition) is 3. The largest absolute Gasteiger partial charge is 0.469 e. The fourth-order valence-corrected chi connectivity index (χ4v) is 5.73. The second-order valence-corrected chi connectivity index (χ2v) is 9.51. The minimum absolute atomic E-state index is 0.0751. The number of amides is 3. The predicted molar refractivity (Wildman–Crippen MR) is 116 cm³/mol. The summed E-state index contributed by atoms with van der Waals surface area (Å²) in [5.74, 6) is 0.498. The number of nitrogens with one attached hydrogen (secondary N) is 3. The van der Waals surface area contributed by atoms with E-state index < -0.39 is 6.04 Å². The van der Waals surface area contributed by atoms with Crippen molar-refractivity contribution in [2.45, 2.75) is 55.5 Å². The maximum absolute atomic E-state index is 12.5. The van der Waals surface area contributed by atoms with Gasteiger partial charge in [0.1, 0.15) is 0 Å². The number of carbonyl (C=O) groups excluding carboxylic acids is 3. The lowest BCUT2D eigenvalue weighted by molar-refractivity contribution is -0.141. The molecule has 1 aromatic carbocycles. The van der Waals surface area contributed by atoms with Gasteiger partial charge in [-0.2, -0.15) is 11.8 Å². The highest BCUT2D eigenvalue weighted by Crippen LogP contribution is 2.33. The zero-order chi connectivity index (χ0) is 20.8. The Hall–Kier alpha value is -1.74. The van der Waals surface area contributed by atoms with Crippen LogP contribution in [-0.4, -0.2) is 48.1 Å². The van der Waals surface area contributed by atoms with Gasteiger partial charge in [0, 0.05) is 21.9 Å². The molecule has 3 N–H and O–H groups in total. The Morgan fingerprint density at radius 2 is 2.17 bits per heavy atom. The number of esters is 1. The molecule has 1 aromatic rings. The van der Waals surface area contributed by atoms with E-state index >= 15 is 0 Å². The lowest BCUT2D eigenvalue weighted by Gasteiger charge is -2.19. The molecular weight excluding hydrogens is 458 g/mol. The fourth-order valence-electron chi connectivity index (χ4n) is 3.77. The summed E-state index contributed by atoms with van der Waals surface area (Å²) in [7, 11) is 1.34. The molecule has 158 valence electrons. The number of benzene rings is 1. The molecule has 2 aliphatic heterocycles. The summed E-state index contributed by atoms with van der Waals surface area (Å²) >= 11 is 5.31. The Kier molecular flexibility index (Phi) is 7.83. The first-order chi connectivity index (χ1) is 14.0. The monoisotopic (exact) mass is 483 g/mol. The number of fused-ring (bicyclic) bond motifs is 1. The molecule has 0 aromatic heterocycles. The molecule has 2 fully saturated rings. The summed E-state index contributed by atoms with van der Waals surface area (Å²) < 4.78 is 5.66. The normalized spacial score (nSPS) is 23.7. The van der Waals surface area contributed by atoms with Gasteiger partial charge in [-0.15, -0.1) is 0 Å². The van der Waals surface area contributed by atoms with Crippen molar-refractivity contribution in [3.8, 4) is 0 Å². The van der Waals surface area contributed by atoms with Crippen molar-refractivity contribution in [1.29, 1.82) is 0 Å². The van der Waals surface area contributed by atoms with Crippen LogP contribution in [-0.2, 0) is 14.3 Å². The summed E-state index contributed by atoms with van der Waals surface area (Å²) in [5.41, 5.74) is 0.857. The maximum atomic E-state index is 12.5. The number of thioether (sulfide) groups is 1. The highest BCUT2D eigenvalue weighted by Gasteiger charge is 2.42. The average Bonchev–Trinajstić information content (AvgIpc) is 3.24. The molecule has 2 heterocycles. The molecule has 2 saturated heterocycles. The summed E-state index contributed by atoms with van der Waals surface area (Å²) in [5, 5.41) is 9.29. The van der Waals surface area contributed by atoms with E-state index in [0.29, 0.717) is 11.7 Å². The van der Waals surface area contributed by atoms with Crippen LogP contribution in [0.15, 0.2) is 28.7 Å². The molecule has 0 bridgehead atoms. The van der Waals surface area contributed by atoms with E-state index in [0.717, 1.165) is 35.1 Å².